The predicted molar refractivity (Wildman–Crippen MR) is 67.9 cm³/mol. The van der Waals surface area contributed by atoms with Crippen molar-refractivity contribution in [1.29, 1.82) is 0 Å². The normalized spacial score (nSPS) is 11.0. The van der Waals surface area contributed by atoms with Gasteiger partial charge < -0.3 is 10.4 Å². The number of benzene rings is 1. The molecule has 8 heteroatoms. The second kappa shape index (κ2) is 6.30. The summed E-state index contributed by atoms with van der Waals surface area (Å²) >= 11 is 0. The van der Waals surface area contributed by atoms with Gasteiger partial charge in [0.05, 0.1) is 11.3 Å². The molecule has 0 atom stereocenters. The van der Waals surface area contributed by atoms with Crippen LogP contribution in [0, 0.1) is 0 Å². The van der Waals surface area contributed by atoms with Crippen LogP contribution in [0.1, 0.15) is 16.8 Å². The number of Topliss-reactive ketones (excluding diaryl/α,β-unsaturated/α-hetero) is 1. The van der Waals surface area contributed by atoms with Gasteiger partial charge in [-0.15, -0.1) is 0 Å². The molecule has 1 aromatic rings. The fourth-order valence-corrected chi connectivity index (χ4v) is 1.94. The van der Waals surface area contributed by atoms with Gasteiger partial charge in [0.1, 0.15) is 0 Å². The van der Waals surface area contributed by atoms with Crippen molar-refractivity contribution < 1.29 is 27.7 Å². The van der Waals surface area contributed by atoms with Crippen molar-refractivity contribution in [3.63, 3.8) is 0 Å². The number of aliphatic carboxylic acids is 1. The van der Waals surface area contributed by atoms with Gasteiger partial charge in [-0.2, -0.15) is 8.42 Å². The first-order valence-corrected chi connectivity index (χ1v) is 6.98. The Morgan fingerprint density at radius 3 is 2.42 bits per heavy atom. The number of hydrogen-bond donors (Lipinski definition) is 3. The molecule has 19 heavy (non-hydrogen) atoms. The van der Waals surface area contributed by atoms with E-state index in [9.17, 15) is 18.0 Å². The van der Waals surface area contributed by atoms with Crippen LogP contribution in [-0.4, -0.2) is 42.1 Å². The molecule has 0 aromatic heterocycles. The lowest BCUT2D eigenvalue weighted by Gasteiger charge is -2.09. The van der Waals surface area contributed by atoms with Gasteiger partial charge in [-0.1, -0.05) is 12.1 Å². The van der Waals surface area contributed by atoms with Gasteiger partial charge in [0.25, 0.3) is 15.9 Å². The summed E-state index contributed by atoms with van der Waals surface area (Å²) in [4.78, 5) is 22.0. The Labute approximate surface area is 110 Å². The molecule has 0 aliphatic heterocycles. The summed E-state index contributed by atoms with van der Waals surface area (Å²) in [6.07, 6.45) is 0.133. The molecule has 1 rings (SSSR count). The average molecular weight is 287 g/mol. The number of para-hydroxylation sites is 1. The van der Waals surface area contributed by atoms with E-state index in [4.69, 9.17) is 9.66 Å². The third-order valence-corrected chi connectivity index (χ3v) is 3.07. The molecule has 1 aromatic carbocycles. The van der Waals surface area contributed by atoms with Crippen molar-refractivity contribution in [2.24, 2.45) is 0 Å². The average Bonchev–Trinajstić information content (AvgIpc) is 2.33. The largest absolute Gasteiger partial charge is 0.475 e. The number of carbonyl (C=O) groups is 2. The highest BCUT2D eigenvalue weighted by molar-refractivity contribution is 7.85. The SMILES string of the molecule is O=C(O)C(=O)c1ccccc1NCCCS(=O)(=O)O. The van der Waals surface area contributed by atoms with Crippen LogP contribution < -0.4 is 5.32 Å². The van der Waals surface area contributed by atoms with Crippen LogP contribution in [0.2, 0.25) is 0 Å². The van der Waals surface area contributed by atoms with Gasteiger partial charge >= 0.3 is 5.97 Å². The molecule has 0 bridgehead atoms. The lowest BCUT2D eigenvalue weighted by Crippen LogP contribution is -2.16. The molecule has 0 aliphatic rings. The van der Waals surface area contributed by atoms with Gasteiger partial charge in [0.15, 0.2) is 0 Å². The Morgan fingerprint density at radius 2 is 1.84 bits per heavy atom. The highest BCUT2D eigenvalue weighted by Crippen LogP contribution is 2.15. The lowest BCUT2D eigenvalue weighted by atomic mass is 10.1. The molecule has 0 heterocycles. The minimum atomic E-state index is -4.02. The summed E-state index contributed by atoms with van der Waals surface area (Å²) in [5, 5.41) is 11.4. The van der Waals surface area contributed by atoms with Crippen LogP contribution in [0.5, 0.6) is 0 Å². The van der Waals surface area contributed by atoms with Gasteiger partial charge in [-0.25, -0.2) is 4.79 Å². The smallest absolute Gasteiger partial charge is 0.377 e. The third-order valence-electron chi connectivity index (χ3n) is 2.26. The Kier molecular flexibility index (Phi) is 5.02. The van der Waals surface area contributed by atoms with E-state index in [0.29, 0.717) is 5.69 Å². The van der Waals surface area contributed by atoms with E-state index in [2.05, 4.69) is 5.32 Å². The topological polar surface area (TPSA) is 121 Å². The lowest BCUT2D eigenvalue weighted by molar-refractivity contribution is -0.131. The Hall–Kier alpha value is -1.93. The first kappa shape index (κ1) is 15.1. The maximum Gasteiger partial charge on any atom is 0.377 e. The number of rotatable bonds is 7. The molecular formula is C11H13NO6S. The van der Waals surface area contributed by atoms with Crippen molar-refractivity contribution in [3.8, 4) is 0 Å². The van der Waals surface area contributed by atoms with E-state index in [1.54, 1.807) is 6.07 Å². The minimum absolute atomic E-state index is 0.00172. The second-order valence-corrected chi connectivity index (χ2v) is 5.32. The Bertz CT molecular complexity index is 581. The number of carbonyl (C=O) groups excluding carboxylic acids is 1. The summed E-state index contributed by atoms with van der Waals surface area (Å²) < 4.78 is 29.5. The van der Waals surface area contributed by atoms with Gasteiger partial charge in [0.2, 0.25) is 0 Å². The quantitative estimate of drug-likeness (QED) is 0.291. The van der Waals surface area contributed by atoms with Crippen LogP contribution in [0.15, 0.2) is 24.3 Å². The van der Waals surface area contributed by atoms with E-state index >= 15 is 0 Å². The molecule has 0 fully saturated rings. The molecule has 0 unspecified atom stereocenters. The molecule has 7 nitrogen and oxygen atoms in total. The first-order chi connectivity index (χ1) is 8.81. The highest BCUT2D eigenvalue weighted by Gasteiger charge is 2.17. The second-order valence-electron chi connectivity index (χ2n) is 3.75. The molecule has 104 valence electrons. The fraction of sp³-hybridized carbons (Fsp3) is 0.273. The van der Waals surface area contributed by atoms with Crippen LogP contribution in [0.4, 0.5) is 5.69 Å². The molecular weight excluding hydrogens is 274 g/mol. The predicted octanol–water partition coefficient (Wildman–Crippen LogP) is 0.644. The van der Waals surface area contributed by atoms with E-state index in [1.165, 1.54) is 18.2 Å². The summed E-state index contributed by atoms with van der Waals surface area (Å²) in [7, 11) is -4.02. The van der Waals surface area contributed by atoms with Crippen LogP contribution in [0.25, 0.3) is 0 Å². The molecule has 0 saturated carbocycles. The number of anilines is 1. The molecule has 0 saturated heterocycles. The van der Waals surface area contributed by atoms with Gasteiger partial charge in [0, 0.05) is 12.2 Å². The molecule has 0 amide bonds. The summed E-state index contributed by atoms with van der Waals surface area (Å²) in [5.74, 6) is -3.01. The van der Waals surface area contributed by atoms with Gasteiger partial charge in [-0.3, -0.25) is 9.35 Å². The van der Waals surface area contributed by atoms with Crippen molar-refractivity contribution in [3.05, 3.63) is 29.8 Å². The van der Waals surface area contributed by atoms with Crippen LogP contribution in [-0.2, 0) is 14.9 Å². The van der Waals surface area contributed by atoms with E-state index in [0.717, 1.165) is 0 Å². The Balaban J connectivity index is 2.69. The monoisotopic (exact) mass is 287 g/mol. The summed E-state index contributed by atoms with van der Waals surface area (Å²) in [6, 6.07) is 6.02. The van der Waals surface area contributed by atoms with Crippen LogP contribution in [0.3, 0.4) is 0 Å². The molecule has 0 aliphatic carbocycles. The van der Waals surface area contributed by atoms with E-state index in [-0.39, 0.29) is 18.5 Å². The zero-order valence-corrected chi connectivity index (χ0v) is 10.7. The molecule has 0 radical (unpaired) electrons. The van der Waals surface area contributed by atoms with Crippen molar-refractivity contribution in [2.75, 3.05) is 17.6 Å². The van der Waals surface area contributed by atoms with Crippen LogP contribution >= 0.6 is 0 Å². The van der Waals surface area contributed by atoms with E-state index < -0.39 is 27.6 Å². The fourth-order valence-electron chi connectivity index (χ4n) is 1.43. The highest BCUT2D eigenvalue weighted by atomic mass is 32.2. The maximum absolute atomic E-state index is 11.4. The first-order valence-electron chi connectivity index (χ1n) is 5.37. The minimum Gasteiger partial charge on any atom is -0.475 e. The summed E-state index contributed by atoms with van der Waals surface area (Å²) in [6.45, 7) is 0.184. The zero-order valence-electron chi connectivity index (χ0n) is 9.87. The van der Waals surface area contributed by atoms with Crippen molar-refractivity contribution >= 4 is 27.6 Å². The van der Waals surface area contributed by atoms with E-state index in [1.807, 2.05) is 0 Å². The number of hydrogen-bond acceptors (Lipinski definition) is 5. The molecule has 0 spiro atoms. The zero-order chi connectivity index (χ0) is 14.5. The third kappa shape index (κ3) is 5.06. The number of carboxylic acid groups (broad SMARTS) is 1. The van der Waals surface area contributed by atoms with Crippen molar-refractivity contribution in [2.45, 2.75) is 6.42 Å². The van der Waals surface area contributed by atoms with Crippen molar-refractivity contribution in [1.82, 2.24) is 0 Å². The maximum atomic E-state index is 11.4. The Morgan fingerprint density at radius 1 is 1.21 bits per heavy atom. The standard InChI is InChI=1S/C11H13NO6S/c13-10(11(14)15)8-4-1-2-5-9(8)12-6-3-7-19(16,17)18/h1-2,4-5,12H,3,6-7H2,(H,14,15)(H,16,17,18). The number of ketones is 1. The van der Waals surface area contributed by atoms with Gasteiger partial charge in [-0.05, 0) is 18.6 Å². The number of carboxylic acids is 1. The molecule has 3 N–H and O–H groups in total. The number of nitrogens with one attached hydrogen (secondary N) is 1. The summed E-state index contributed by atoms with van der Waals surface area (Å²) in [5.41, 5.74) is 0.312.